The quantitative estimate of drug-likeness (QED) is 0.836. The topological polar surface area (TPSA) is 72.7 Å². The van der Waals surface area contributed by atoms with Crippen LogP contribution in [0.25, 0.3) is 0 Å². The molecular weight excluding hydrogens is 369 g/mol. The van der Waals surface area contributed by atoms with Crippen molar-refractivity contribution in [2.75, 3.05) is 0 Å². The van der Waals surface area contributed by atoms with Gasteiger partial charge in [-0.05, 0) is 79.2 Å². The third-order valence-corrected chi connectivity index (χ3v) is 7.47. The Morgan fingerprint density at radius 3 is 2.45 bits per heavy atom. The monoisotopic (exact) mass is 397 g/mol. The molecule has 1 amide bonds. The van der Waals surface area contributed by atoms with Gasteiger partial charge >= 0.3 is 0 Å². The van der Waals surface area contributed by atoms with Crippen LogP contribution >= 0.6 is 0 Å². The highest BCUT2D eigenvalue weighted by Gasteiger charge is 2.62. The summed E-state index contributed by atoms with van der Waals surface area (Å²) < 4.78 is 13.4. The van der Waals surface area contributed by atoms with Crippen molar-refractivity contribution in [2.24, 2.45) is 23.2 Å². The van der Waals surface area contributed by atoms with Crippen LogP contribution in [0.4, 0.5) is 4.39 Å². The fraction of sp³-hybridized carbons (Fsp3) is 0.636. The largest absolute Gasteiger partial charge is 0.349 e. The molecule has 6 rings (SSSR count). The highest BCUT2D eigenvalue weighted by molar-refractivity contribution is 5.83. The molecule has 1 aromatic heterocycles. The van der Waals surface area contributed by atoms with Crippen LogP contribution in [-0.2, 0) is 10.3 Å². The fourth-order valence-electron chi connectivity index (χ4n) is 6.70. The number of hydrogen-bond acceptors (Lipinski definition) is 4. The molecule has 4 saturated carbocycles. The lowest BCUT2D eigenvalue weighted by atomic mass is 9.46. The van der Waals surface area contributed by atoms with Gasteiger partial charge < -0.3 is 5.32 Å². The number of hydrogen-bond donors (Lipinski definition) is 1. The number of aromatic nitrogens is 4. The van der Waals surface area contributed by atoms with E-state index in [1.54, 1.807) is 16.9 Å². The van der Waals surface area contributed by atoms with Crippen LogP contribution in [0.5, 0.6) is 0 Å². The van der Waals surface area contributed by atoms with Gasteiger partial charge in [0.1, 0.15) is 5.82 Å². The summed E-state index contributed by atoms with van der Waals surface area (Å²) in [5.41, 5.74) is 0.401. The minimum absolute atomic E-state index is 0.128. The number of nitrogens with zero attached hydrogens (tertiary/aromatic N) is 4. The van der Waals surface area contributed by atoms with Crippen LogP contribution in [0.1, 0.15) is 64.0 Å². The molecule has 7 heteroatoms. The molecule has 5 atom stereocenters. The van der Waals surface area contributed by atoms with Crippen LogP contribution in [0.3, 0.4) is 0 Å². The molecule has 0 saturated heterocycles. The SMILES string of the molecule is CC(C)[C@H](NC(=O)C12C[C@H]3C[C@@H](C1)CC(n1ncnn1)(C3)C2)c1ccc(F)cc1. The van der Waals surface area contributed by atoms with Crippen LogP contribution in [-0.4, -0.2) is 26.1 Å². The fourth-order valence-corrected chi connectivity index (χ4v) is 6.70. The van der Waals surface area contributed by atoms with Gasteiger partial charge in [0.05, 0.1) is 17.0 Å². The van der Waals surface area contributed by atoms with E-state index in [2.05, 4.69) is 34.6 Å². The Hall–Kier alpha value is -2.31. The van der Waals surface area contributed by atoms with Crippen molar-refractivity contribution in [1.29, 1.82) is 0 Å². The molecule has 2 aromatic rings. The molecule has 0 spiro atoms. The molecule has 154 valence electrons. The first kappa shape index (κ1) is 18.7. The summed E-state index contributed by atoms with van der Waals surface area (Å²) in [6.07, 6.45) is 7.45. The van der Waals surface area contributed by atoms with E-state index >= 15 is 0 Å². The molecule has 6 nitrogen and oxygen atoms in total. The van der Waals surface area contributed by atoms with Gasteiger partial charge in [0.25, 0.3) is 0 Å². The Morgan fingerprint density at radius 1 is 1.17 bits per heavy atom. The lowest BCUT2D eigenvalue weighted by Crippen LogP contribution is -2.61. The van der Waals surface area contributed by atoms with Crippen LogP contribution < -0.4 is 5.32 Å². The standard InChI is InChI=1S/C22H28FN5O/c1-14(2)19(17-3-5-18(23)6-4-17)26-20(29)21-8-15-7-16(9-21)11-22(10-15,12-21)28-25-13-24-27-28/h3-6,13-16,19H,7-12H2,1-2H3,(H,26,29)/t15-,16+,19-,21?,22?/m0/s1. The van der Waals surface area contributed by atoms with E-state index in [1.165, 1.54) is 24.9 Å². The summed E-state index contributed by atoms with van der Waals surface area (Å²) >= 11 is 0. The first-order valence-electron chi connectivity index (χ1n) is 10.7. The molecule has 4 bridgehead atoms. The molecule has 29 heavy (non-hydrogen) atoms. The Morgan fingerprint density at radius 2 is 1.86 bits per heavy atom. The first-order chi connectivity index (χ1) is 13.9. The maximum atomic E-state index is 13.7. The predicted molar refractivity (Wildman–Crippen MR) is 105 cm³/mol. The van der Waals surface area contributed by atoms with Crippen molar-refractivity contribution in [1.82, 2.24) is 25.5 Å². The normalized spacial score (nSPS) is 33.8. The minimum Gasteiger partial charge on any atom is -0.349 e. The summed E-state index contributed by atoms with van der Waals surface area (Å²) in [7, 11) is 0. The van der Waals surface area contributed by atoms with Gasteiger partial charge in [0, 0.05) is 0 Å². The zero-order valence-electron chi connectivity index (χ0n) is 17.0. The molecule has 4 aliphatic rings. The molecule has 2 unspecified atom stereocenters. The van der Waals surface area contributed by atoms with Crippen molar-refractivity contribution in [3.8, 4) is 0 Å². The predicted octanol–water partition coefficient (Wildman–Crippen LogP) is 3.62. The zero-order chi connectivity index (χ0) is 20.2. The molecule has 0 aliphatic heterocycles. The second kappa shape index (κ2) is 6.61. The van der Waals surface area contributed by atoms with Crippen molar-refractivity contribution in [2.45, 2.75) is 64.0 Å². The third-order valence-electron chi connectivity index (χ3n) is 7.47. The maximum absolute atomic E-state index is 13.7. The Labute approximate surface area is 170 Å². The van der Waals surface area contributed by atoms with Gasteiger partial charge in [-0.1, -0.05) is 26.0 Å². The Kier molecular flexibility index (Phi) is 4.26. The lowest BCUT2D eigenvalue weighted by molar-refractivity contribution is -0.158. The van der Waals surface area contributed by atoms with Gasteiger partial charge in [-0.3, -0.25) is 4.79 Å². The van der Waals surface area contributed by atoms with Crippen LogP contribution in [0, 0.1) is 29.0 Å². The van der Waals surface area contributed by atoms with E-state index in [0.717, 1.165) is 37.7 Å². The molecule has 1 N–H and O–H groups in total. The number of carbonyl (C=O) groups is 1. The van der Waals surface area contributed by atoms with Gasteiger partial charge in [0.15, 0.2) is 6.33 Å². The van der Waals surface area contributed by atoms with Crippen LogP contribution in [0.2, 0.25) is 0 Å². The maximum Gasteiger partial charge on any atom is 0.226 e. The number of benzene rings is 1. The third kappa shape index (κ3) is 3.06. The molecular formula is C22H28FN5O. The van der Waals surface area contributed by atoms with E-state index in [-0.39, 0.29) is 34.6 Å². The van der Waals surface area contributed by atoms with Gasteiger partial charge in [-0.25, -0.2) is 4.39 Å². The minimum atomic E-state index is -0.370. The average molecular weight is 397 g/mol. The Bertz CT molecular complexity index is 880. The number of nitrogens with one attached hydrogen (secondary N) is 1. The molecule has 4 fully saturated rings. The Balaban J connectivity index is 1.43. The highest BCUT2D eigenvalue weighted by atomic mass is 19.1. The summed E-state index contributed by atoms with van der Waals surface area (Å²) in [5, 5.41) is 15.9. The number of rotatable bonds is 5. The zero-order valence-corrected chi connectivity index (χ0v) is 17.0. The van der Waals surface area contributed by atoms with E-state index in [1.807, 2.05) is 0 Å². The van der Waals surface area contributed by atoms with Crippen molar-refractivity contribution < 1.29 is 9.18 Å². The van der Waals surface area contributed by atoms with Gasteiger partial charge in [-0.2, -0.15) is 4.80 Å². The van der Waals surface area contributed by atoms with Crippen molar-refractivity contribution in [3.05, 3.63) is 42.0 Å². The number of amides is 1. The lowest BCUT2D eigenvalue weighted by Gasteiger charge is -2.60. The summed E-state index contributed by atoms with van der Waals surface area (Å²) in [6.45, 7) is 4.18. The van der Waals surface area contributed by atoms with E-state index in [4.69, 9.17) is 0 Å². The van der Waals surface area contributed by atoms with Crippen molar-refractivity contribution >= 4 is 5.91 Å². The summed E-state index contributed by atoms with van der Waals surface area (Å²) in [4.78, 5) is 15.5. The summed E-state index contributed by atoms with van der Waals surface area (Å²) in [6, 6.07) is 6.36. The van der Waals surface area contributed by atoms with Gasteiger partial charge in [0.2, 0.25) is 5.91 Å². The highest BCUT2D eigenvalue weighted by Crippen LogP contribution is 2.64. The molecule has 1 aromatic carbocycles. The van der Waals surface area contributed by atoms with Gasteiger partial charge in [-0.15, -0.1) is 10.2 Å². The summed E-state index contributed by atoms with van der Waals surface area (Å²) in [5.74, 6) is 1.17. The second-order valence-corrected chi connectivity index (χ2v) is 9.94. The molecule has 4 aliphatic carbocycles. The number of halogens is 1. The molecule has 1 heterocycles. The smallest absolute Gasteiger partial charge is 0.226 e. The molecule has 0 radical (unpaired) electrons. The van der Waals surface area contributed by atoms with E-state index in [0.29, 0.717) is 11.8 Å². The van der Waals surface area contributed by atoms with E-state index in [9.17, 15) is 9.18 Å². The first-order valence-corrected chi connectivity index (χ1v) is 10.7. The average Bonchev–Trinajstić information content (AvgIpc) is 3.21. The number of carbonyl (C=O) groups excluding carboxylic acids is 1. The van der Waals surface area contributed by atoms with Crippen LogP contribution in [0.15, 0.2) is 30.6 Å². The van der Waals surface area contributed by atoms with E-state index < -0.39 is 0 Å². The second-order valence-electron chi connectivity index (χ2n) is 9.94. The number of tetrazole rings is 1. The van der Waals surface area contributed by atoms with Crippen molar-refractivity contribution in [3.63, 3.8) is 0 Å².